The van der Waals surface area contributed by atoms with Gasteiger partial charge in [0, 0.05) is 30.2 Å². The Balaban J connectivity index is 1.61. The predicted molar refractivity (Wildman–Crippen MR) is 102 cm³/mol. The van der Waals surface area contributed by atoms with Crippen LogP contribution in [0.5, 0.6) is 11.5 Å². The molecule has 0 aliphatic heterocycles. The Morgan fingerprint density at radius 1 is 1.11 bits per heavy atom. The van der Waals surface area contributed by atoms with E-state index in [2.05, 4.69) is 25.3 Å². The summed E-state index contributed by atoms with van der Waals surface area (Å²) in [5.41, 5.74) is 6.53. The van der Waals surface area contributed by atoms with E-state index in [1.807, 2.05) is 0 Å². The highest BCUT2D eigenvalue weighted by Gasteiger charge is 2.13. The second kappa shape index (κ2) is 6.90. The smallest absolute Gasteiger partial charge is 0.223 e. The number of nitrogens with zero attached hydrogens (tertiary/aromatic N) is 3. The highest BCUT2D eigenvalue weighted by molar-refractivity contribution is 6.36. The first-order valence-electron chi connectivity index (χ1n) is 7.65. The molecule has 4 N–H and O–H groups in total. The number of nitrogen functional groups attached to an aromatic ring is 1. The first-order chi connectivity index (χ1) is 13.0. The molecule has 3 heterocycles. The maximum absolute atomic E-state index is 14.5. The number of aromatic amines is 1. The molecule has 0 bridgehead atoms. The number of anilines is 3. The van der Waals surface area contributed by atoms with Gasteiger partial charge in [0.25, 0.3) is 0 Å². The summed E-state index contributed by atoms with van der Waals surface area (Å²) >= 11 is 12.0. The second-order valence-electron chi connectivity index (χ2n) is 5.48. The topological polar surface area (TPSA) is 102 Å². The number of aromatic nitrogens is 4. The molecule has 136 valence electrons. The lowest BCUT2D eigenvalue weighted by Crippen LogP contribution is -2.00. The largest absolute Gasteiger partial charge is 0.453 e. The van der Waals surface area contributed by atoms with Crippen molar-refractivity contribution in [1.29, 1.82) is 0 Å². The van der Waals surface area contributed by atoms with Gasteiger partial charge in [-0.25, -0.2) is 14.4 Å². The third-order valence-corrected chi connectivity index (χ3v) is 4.12. The number of hydrogen-bond donors (Lipinski definition) is 3. The van der Waals surface area contributed by atoms with Crippen LogP contribution in [0, 0.1) is 5.82 Å². The van der Waals surface area contributed by atoms with Gasteiger partial charge in [-0.05, 0) is 18.2 Å². The molecule has 0 fully saturated rings. The third-order valence-electron chi connectivity index (χ3n) is 3.62. The summed E-state index contributed by atoms with van der Waals surface area (Å²) in [7, 11) is 0. The fourth-order valence-electron chi connectivity index (χ4n) is 2.50. The number of nitrogens with two attached hydrogens (primary N) is 1. The minimum Gasteiger partial charge on any atom is -0.453 e. The minimum absolute atomic E-state index is 0.00973. The van der Waals surface area contributed by atoms with Gasteiger partial charge in [0.15, 0.2) is 11.6 Å². The van der Waals surface area contributed by atoms with E-state index in [1.54, 1.807) is 24.5 Å². The molecule has 0 atom stereocenters. The van der Waals surface area contributed by atoms with E-state index < -0.39 is 5.82 Å². The molecule has 1 aromatic carbocycles. The van der Waals surface area contributed by atoms with Crippen LogP contribution < -0.4 is 15.8 Å². The van der Waals surface area contributed by atoms with Crippen molar-refractivity contribution in [3.8, 4) is 11.5 Å². The van der Waals surface area contributed by atoms with Crippen LogP contribution in [0.2, 0.25) is 10.2 Å². The van der Waals surface area contributed by atoms with Gasteiger partial charge in [0.1, 0.15) is 22.4 Å². The van der Waals surface area contributed by atoms with E-state index in [9.17, 15) is 4.39 Å². The van der Waals surface area contributed by atoms with Crippen LogP contribution in [-0.4, -0.2) is 19.9 Å². The van der Waals surface area contributed by atoms with Crippen molar-refractivity contribution >= 4 is 51.7 Å². The lowest BCUT2D eigenvalue weighted by molar-refractivity contribution is 0.446. The molecule has 0 radical (unpaired) electrons. The van der Waals surface area contributed by atoms with Crippen molar-refractivity contribution in [2.75, 3.05) is 11.1 Å². The number of benzene rings is 1. The molecule has 0 unspecified atom stereocenters. The first-order valence-corrected chi connectivity index (χ1v) is 8.41. The van der Waals surface area contributed by atoms with Crippen molar-refractivity contribution in [1.82, 2.24) is 19.9 Å². The molecule has 0 saturated carbocycles. The molecule has 3 aromatic heterocycles. The quantitative estimate of drug-likeness (QED) is 0.417. The highest BCUT2D eigenvalue weighted by Crippen LogP contribution is 2.35. The number of ether oxygens (including phenoxy) is 1. The van der Waals surface area contributed by atoms with Gasteiger partial charge >= 0.3 is 0 Å². The lowest BCUT2D eigenvalue weighted by atomic mass is 10.2. The van der Waals surface area contributed by atoms with Crippen LogP contribution in [0.3, 0.4) is 0 Å². The second-order valence-corrected chi connectivity index (χ2v) is 6.27. The summed E-state index contributed by atoms with van der Waals surface area (Å²) in [5.74, 6) is 0.197. The van der Waals surface area contributed by atoms with Gasteiger partial charge in [-0.2, -0.15) is 4.98 Å². The van der Waals surface area contributed by atoms with Crippen molar-refractivity contribution in [3.05, 3.63) is 58.7 Å². The molecular formula is C17H11Cl2FN6O. The maximum atomic E-state index is 14.5. The molecule has 0 amide bonds. The molecule has 0 aliphatic rings. The fraction of sp³-hybridized carbons (Fsp3) is 0. The van der Waals surface area contributed by atoms with Crippen molar-refractivity contribution in [2.24, 2.45) is 0 Å². The standard InChI is InChI=1S/C17H11Cl2FN6O/c18-9-7-23-16-15(9)12(3-4-22-16)27-11-2-1-8(5-10(11)20)24-14-6-13(19)25-17(21)26-14/h1-7H,(H,22,23)(H3,21,24,25,26). The summed E-state index contributed by atoms with van der Waals surface area (Å²) in [6.45, 7) is 0. The number of H-pyrrole nitrogens is 1. The normalized spacial score (nSPS) is 10.9. The monoisotopic (exact) mass is 404 g/mol. The fourth-order valence-corrected chi connectivity index (χ4v) is 2.93. The van der Waals surface area contributed by atoms with E-state index in [4.69, 9.17) is 33.7 Å². The van der Waals surface area contributed by atoms with Gasteiger partial charge in [-0.1, -0.05) is 23.2 Å². The molecule has 4 aromatic rings. The molecule has 7 nitrogen and oxygen atoms in total. The molecule has 0 aliphatic carbocycles. The van der Waals surface area contributed by atoms with E-state index >= 15 is 0 Å². The zero-order chi connectivity index (χ0) is 19.0. The van der Waals surface area contributed by atoms with E-state index in [-0.39, 0.29) is 16.9 Å². The molecule has 0 spiro atoms. The number of halogens is 3. The predicted octanol–water partition coefficient (Wildman–Crippen LogP) is 4.92. The SMILES string of the molecule is Nc1nc(Cl)cc(Nc2ccc(Oc3ccnc4[nH]cc(Cl)c34)c(F)c2)n1. The molecule has 27 heavy (non-hydrogen) atoms. The Kier molecular flexibility index (Phi) is 4.43. The number of rotatable bonds is 4. The van der Waals surface area contributed by atoms with Gasteiger partial charge in [-0.3, -0.25) is 0 Å². The van der Waals surface area contributed by atoms with Gasteiger partial charge in [-0.15, -0.1) is 0 Å². The van der Waals surface area contributed by atoms with Crippen molar-refractivity contribution < 1.29 is 9.13 Å². The zero-order valence-electron chi connectivity index (χ0n) is 13.5. The summed E-state index contributed by atoms with van der Waals surface area (Å²) < 4.78 is 20.2. The van der Waals surface area contributed by atoms with Gasteiger partial charge in [0.05, 0.1) is 10.4 Å². The molecule has 0 saturated heterocycles. The Morgan fingerprint density at radius 2 is 1.96 bits per heavy atom. The van der Waals surface area contributed by atoms with Crippen LogP contribution in [0.4, 0.5) is 21.8 Å². The number of fused-ring (bicyclic) bond motifs is 1. The Labute approximate surface area is 162 Å². The van der Waals surface area contributed by atoms with E-state index in [1.165, 1.54) is 18.2 Å². The molecule has 4 rings (SSSR count). The van der Waals surface area contributed by atoms with Gasteiger partial charge in [0.2, 0.25) is 5.95 Å². The van der Waals surface area contributed by atoms with Crippen LogP contribution in [0.15, 0.2) is 42.7 Å². The highest BCUT2D eigenvalue weighted by atomic mass is 35.5. The number of nitrogens with one attached hydrogen (secondary N) is 2. The lowest BCUT2D eigenvalue weighted by Gasteiger charge is -2.11. The zero-order valence-corrected chi connectivity index (χ0v) is 15.0. The average molecular weight is 405 g/mol. The van der Waals surface area contributed by atoms with Gasteiger partial charge < -0.3 is 20.8 Å². The van der Waals surface area contributed by atoms with Crippen LogP contribution in [-0.2, 0) is 0 Å². The summed E-state index contributed by atoms with van der Waals surface area (Å²) in [5, 5.41) is 4.09. The summed E-state index contributed by atoms with van der Waals surface area (Å²) in [6.07, 6.45) is 3.13. The number of hydrogen-bond acceptors (Lipinski definition) is 6. The minimum atomic E-state index is -0.579. The summed E-state index contributed by atoms with van der Waals surface area (Å²) in [6, 6.07) is 7.46. The van der Waals surface area contributed by atoms with E-state index in [0.717, 1.165) is 0 Å². The first kappa shape index (κ1) is 17.3. The molecular weight excluding hydrogens is 394 g/mol. The van der Waals surface area contributed by atoms with Crippen LogP contribution >= 0.6 is 23.2 Å². The van der Waals surface area contributed by atoms with E-state index in [0.29, 0.717) is 33.3 Å². The van der Waals surface area contributed by atoms with Crippen LogP contribution in [0.1, 0.15) is 0 Å². The maximum Gasteiger partial charge on any atom is 0.223 e. The van der Waals surface area contributed by atoms with Crippen molar-refractivity contribution in [3.63, 3.8) is 0 Å². The molecule has 10 heteroatoms. The van der Waals surface area contributed by atoms with Crippen molar-refractivity contribution in [2.45, 2.75) is 0 Å². The Hall–Kier alpha value is -3.10. The Bertz CT molecular complexity index is 1130. The average Bonchev–Trinajstić information content (AvgIpc) is 2.99. The third kappa shape index (κ3) is 3.57. The van der Waals surface area contributed by atoms with Crippen LogP contribution in [0.25, 0.3) is 11.0 Å². The number of pyridine rings is 1. The Morgan fingerprint density at radius 3 is 2.74 bits per heavy atom. The summed E-state index contributed by atoms with van der Waals surface area (Å²) in [4.78, 5) is 14.8.